The predicted molar refractivity (Wildman–Crippen MR) is 86.2 cm³/mol. The molecule has 2 N–H and O–H groups in total. The molecular weight excluding hydrogens is 355 g/mol. The van der Waals surface area contributed by atoms with Crippen LogP contribution in [0, 0.1) is 3.57 Å². The van der Waals surface area contributed by atoms with Crippen LogP contribution < -0.4 is 5.32 Å². The van der Waals surface area contributed by atoms with E-state index in [4.69, 9.17) is 5.11 Å². The van der Waals surface area contributed by atoms with Crippen molar-refractivity contribution in [1.29, 1.82) is 0 Å². The third-order valence-electron chi connectivity index (χ3n) is 2.83. The van der Waals surface area contributed by atoms with Crippen molar-refractivity contribution in [3.05, 3.63) is 27.8 Å². The van der Waals surface area contributed by atoms with Gasteiger partial charge in [0.1, 0.15) is 0 Å². The summed E-state index contributed by atoms with van der Waals surface area (Å²) in [6.45, 7) is 5.34. The molecule has 106 valence electrons. The molecule has 0 bridgehead atoms. The second kappa shape index (κ2) is 8.50. The summed E-state index contributed by atoms with van der Waals surface area (Å²) in [7, 11) is 0. The maximum atomic E-state index is 12.0. The van der Waals surface area contributed by atoms with Gasteiger partial charge in [0.15, 0.2) is 0 Å². The first-order valence-electron chi connectivity index (χ1n) is 6.44. The third-order valence-corrected chi connectivity index (χ3v) is 3.77. The van der Waals surface area contributed by atoms with Crippen LogP contribution in [0.4, 0.5) is 5.69 Å². The molecule has 19 heavy (non-hydrogen) atoms. The lowest BCUT2D eigenvalue weighted by Gasteiger charge is -2.25. The number of carbonyl (C=O) groups excluding carboxylic acids is 1. The lowest BCUT2D eigenvalue weighted by Crippen LogP contribution is -2.39. The van der Waals surface area contributed by atoms with Crippen LogP contribution in [0.1, 0.15) is 20.3 Å². The van der Waals surface area contributed by atoms with Crippen LogP contribution in [0.25, 0.3) is 0 Å². The molecule has 0 heterocycles. The van der Waals surface area contributed by atoms with E-state index in [0.29, 0.717) is 13.0 Å². The fourth-order valence-corrected chi connectivity index (χ4v) is 2.25. The molecule has 0 saturated heterocycles. The zero-order chi connectivity index (χ0) is 14.3. The van der Waals surface area contributed by atoms with Gasteiger partial charge in [0, 0.05) is 22.8 Å². The molecule has 0 unspecified atom stereocenters. The van der Waals surface area contributed by atoms with Crippen molar-refractivity contribution in [2.75, 3.05) is 25.0 Å². The van der Waals surface area contributed by atoms with Crippen LogP contribution in [0.3, 0.4) is 0 Å². The summed E-state index contributed by atoms with van der Waals surface area (Å²) in [6, 6.07) is 7.99. The van der Waals surface area contributed by atoms with Crippen LogP contribution >= 0.6 is 22.6 Å². The minimum absolute atomic E-state index is 0.0178. The summed E-state index contributed by atoms with van der Waals surface area (Å²) in [5.41, 5.74) is 0.846. The van der Waals surface area contributed by atoms with Gasteiger partial charge in [-0.3, -0.25) is 9.69 Å². The molecule has 0 atom stereocenters. The van der Waals surface area contributed by atoms with Gasteiger partial charge in [-0.05, 0) is 55.0 Å². The Morgan fingerprint density at radius 3 is 2.68 bits per heavy atom. The quantitative estimate of drug-likeness (QED) is 0.719. The Morgan fingerprint density at radius 2 is 2.11 bits per heavy atom. The van der Waals surface area contributed by atoms with Crippen molar-refractivity contribution >= 4 is 34.2 Å². The third kappa shape index (κ3) is 5.88. The average molecular weight is 376 g/mol. The molecule has 1 amide bonds. The van der Waals surface area contributed by atoms with Crippen LogP contribution in [-0.2, 0) is 4.79 Å². The molecule has 0 spiro atoms. The summed E-state index contributed by atoms with van der Waals surface area (Å²) in [6.07, 6.45) is 0.689. The molecule has 4 nitrogen and oxygen atoms in total. The maximum Gasteiger partial charge on any atom is 0.238 e. The Kier molecular flexibility index (Phi) is 7.33. The normalized spacial score (nSPS) is 11.1. The van der Waals surface area contributed by atoms with Crippen LogP contribution in [0.5, 0.6) is 0 Å². The van der Waals surface area contributed by atoms with Crippen molar-refractivity contribution in [2.45, 2.75) is 26.3 Å². The summed E-state index contributed by atoms with van der Waals surface area (Å²) in [5.74, 6) is -0.0178. The van der Waals surface area contributed by atoms with Crippen LogP contribution in [-0.4, -0.2) is 41.7 Å². The monoisotopic (exact) mass is 376 g/mol. The van der Waals surface area contributed by atoms with E-state index in [-0.39, 0.29) is 18.6 Å². The number of amides is 1. The highest BCUT2D eigenvalue weighted by molar-refractivity contribution is 14.1. The van der Waals surface area contributed by atoms with Gasteiger partial charge >= 0.3 is 0 Å². The molecule has 1 rings (SSSR count). The van der Waals surface area contributed by atoms with Gasteiger partial charge < -0.3 is 10.4 Å². The molecule has 0 aromatic heterocycles. The second-order valence-electron chi connectivity index (χ2n) is 4.67. The highest BCUT2D eigenvalue weighted by Crippen LogP contribution is 2.16. The number of benzene rings is 1. The van der Waals surface area contributed by atoms with Gasteiger partial charge in [-0.25, -0.2) is 0 Å². The Hall–Kier alpha value is -0.660. The summed E-state index contributed by atoms with van der Waals surface area (Å²) in [4.78, 5) is 14.1. The zero-order valence-electron chi connectivity index (χ0n) is 11.4. The Labute approximate surface area is 128 Å². The number of hydrogen-bond donors (Lipinski definition) is 2. The second-order valence-corrected chi connectivity index (χ2v) is 5.83. The fourth-order valence-electron chi connectivity index (χ4n) is 1.73. The largest absolute Gasteiger partial charge is 0.396 e. The summed E-state index contributed by atoms with van der Waals surface area (Å²) in [5, 5.41) is 11.8. The minimum Gasteiger partial charge on any atom is -0.396 e. The van der Waals surface area contributed by atoms with Crippen LogP contribution in [0.2, 0.25) is 0 Å². The smallest absolute Gasteiger partial charge is 0.238 e. The topological polar surface area (TPSA) is 52.6 Å². The lowest BCUT2D eigenvalue weighted by atomic mass is 10.2. The molecule has 1 aromatic carbocycles. The summed E-state index contributed by atoms with van der Waals surface area (Å²) < 4.78 is 1.03. The lowest BCUT2D eigenvalue weighted by molar-refractivity contribution is -0.117. The molecule has 0 saturated carbocycles. The Balaban J connectivity index is 2.55. The fraction of sp³-hybridized carbons (Fsp3) is 0.500. The summed E-state index contributed by atoms with van der Waals surface area (Å²) >= 11 is 2.20. The standard InChI is InChI=1S/C14H21IN2O2/c1-11(2)17(8-5-9-18)10-14(19)16-13-7-4-3-6-12(13)15/h3-4,6-7,11,18H,5,8-10H2,1-2H3,(H,16,19). The number of anilines is 1. The van der Waals surface area contributed by atoms with Gasteiger partial charge in [-0.15, -0.1) is 0 Å². The highest BCUT2D eigenvalue weighted by Gasteiger charge is 2.14. The number of carbonyl (C=O) groups is 1. The Morgan fingerprint density at radius 1 is 1.42 bits per heavy atom. The molecule has 0 aliphatic heterocycles. The first-order valence-corrected chi connectivity index (χ1v) is 7.51. The molecule has 0 radical (unpaired) electrons. The number of para-hydroxylation sites is 1. The van der Waals surface area contributed by atoms with Crippen molar-refractivity contribution in [3.8, 4) is 0 Å². The minimum atomic E-state index is -0.0178. The molecule has 1 aromatic rings. The first-order chi connectivity index (χ1) is 9.04. The number of aliphatic hydroxyl groups excluding tert-OH is 1. The van der Waals surface area contributed by atoms with Crippen molar-refractivity contribution in [1.82, 2.24) is 4.90 Å². The van der Waals surface area contributed by atoms with Crippen LogP contribution in [0.15, 0.2) is 24.3 Å². The molecule has 5 heteroatoms. The van der Waals surface area contributed by atoms with Crippen molar-refractivity contribution in [2.24, 2.45) is 0 Å². The van der Waals surface area contributed by atoms with E-state index in [1.807, 2.05) is 24.3 Å². The predicted octanol–water partition coefficient (Wildman–Crippen LogP) is 2.32. The molecule has 0 aliphatic carbocycles. The van der Waals surface area contributed by atoms with E-state index in [1.165, 1.54) is 0 Å². The van der Waals surface area contributed by atoms with Crippen molar-refractivity contribution in [3.63, 3.8) is 0 Å². The van der Waals surface area contributed by atoms with E-state index in [1.54, 1.807) is 0 Å². The SMILES string of the molecule is CC(C)N(CCCO)CC(=O)Nc1ccccc1I. The zero-order valence-corrected chi connectivity index (χ0v) is 13.6. The first kappa shape index (κ1) is 16.4. The van der Waals surface area contributed by atoms with Gasteiger partial charge in [0.05, 0.1) is 12.2 Å². The van der Waals surface area contributed by atoms with E-state index in [0.717, 1.165) is 15.8 Å². The Bertz CT molecular complexity index is 410. The molecule has 0 fully saturated rings. The average Bonchev–Trinajstić information content (AvgIpc) is 2.37. The number of nitrogens with one attached hydrogen (secondary N) is 1. The number of hydrogen-bond acceptors (Lipinski definition) is 3. The molecular formula is C14H21IN2O2. The number of rotatable bonds is 7. The van der Waals surface area contributed by atoms with Crippen molar-refractivity contribution < 1.29 is 9.90 Å². The molecule has 0 aliphatic rings. The number of aliphatic hydroxyl groups is 1. The highest BCUT2D eigenvalue weighted by atomic mass is 127. The van der Waals surface area contributed by atoms with Gasteiger partial charge in [-0.1, -0.05) is 12.1 Å². The van der Waals surface area contributed by atoms with E-state index >= 15 is 0 Å². The van der Waals surface area contributed by atoms with E-state index in [9.17, 15) is 4.79 Å². The van der Waals surface area contributed by atoms with Gasteiger partial charge in [0.2, 0.25) is 5.91 Å². The number of nitrogens with zero attached hydrogens (tertiary/aromatic N) is 1. The van der Waals surface area contributed by atoms with E-state index in [2.05, 4.69) is 46.7 Å². The van der Waals surface area contributed by atoms with E-state index < -0.39 is 0 Å². The number of halogens is 1. The maximum absolute atomic E-state index is 12.0. The van der Waals surface area contributed by atoms with Gasteiger partial charge in [0.25, 0.3) is 0 Å². The van der Waals surface area contributed by atoms with Gasteiger partial charge in [-0.2, -0.15) is 0 Å².